The lowest BCUT2D eigenvalue weighted by molar-refractivity contribution is 0.253. The monoisotopic (exact) mass is 221 g/mol. The summed E-state index contributed by atoms with van der Waals surface area (Å²) in [5.74, 6) is 1.10. The third-order valence-electron chi connectivity index (χ3n) is 3.83. The van der Waals surface area contributed by atoms with E-state index in [0.29, 0.717) is 11.5 Å². The molecule has 2 heteroatoms. The fourth-order valence-corrected chi connectivity index (χ4v) is 2.64. The van der Waals surface area contributed by atoms with Gasteiger partial charge in [-0.1, -0.05) is 38.0 Å². The summed E-state index contributed by atoms with van der Waals surface area (Å²) in [5.41, 5.74) is 6.86. The van der Waals surface area contributed by atoms with E-state index in [2.05, 4.69) is 6.92 Å². The van der Waals surface area contributed by atoms with E-state index in [1.165, 1.54) is 18.9 Å². The normalized spacial score (nSPS) is 27.7. The Bertz CT molecular complexity index is 342. The second-order valence-electron chi connectivity index (χ2n) is 5.07. The lowest BCUT2D eigenvalue weighted by Gasteiger charge is -2.30. The average molecular weight is 221 g/mol. The van der Waals surface area contributed by atoms with E-state index in [4.69, 9.17) is 5.73 Å². The average Bonchev–Trinajstić information content (AvgIpc) is 2.30. The predicted octanol–water partition coefficient (Wildman–Crippen LogP) is 3.65. The molecule has 16 heavy (non-hydrogen) atoms. The molecule has 2 N–H and O–H groups in total. The molecule has 0 heterocycles. The minimum Gasteiger partial charge on any atom is -0.324 e. The van der Waals surface area contributed by atoms with E-state index in [9.17, 15) is 4.39 Å². The fraction of sp³-hybridized carbons (Fsp3) is 0.571. The van der Waals surface area contributed by atoms with Crippen molar-refractivity contribution in [3.05, 3.63) is 35.6 Å². The van der Waals surface area contributed by atoms with Crippen molar-refractivity contribution < 1.29 is 4.39 Å². The van der Waals surface area contributed by atoms with Gasteiger partial charge in [0.15, 0.2) is 0 Å². The molecular formula is C14H20FN. The van der Waals surface area contributed by atoms with Gasteiger partial charge in [-0.15, -0.1) is 0 Å². The summed E-state index contributed by atoms with van der Waals surface area (Å²) >= 11 is 0. The molecule has 1 aromatic carbocycles. The van der Waals surface area contributed by atoms with Gasteiger partial charge >= 0.3 is 0 Å². The van der Waals surface area contributed by atoms with Crippen molar-refractivity contribution in [2.24, 2.45) is 17.6 Å². The van der Waals surface area contributed by atoms with Gasteiger partial charge in [0.25, 0.3) is 0 Å². The second kappa shape index (κ2) is 4.96. The largest absolute Gasteiger partial charge is 0.324 e. The van der Waals surface area contributed by atoms with E-state index in [0.717, 1.165) is 18.8 Å². The number of halogens is 1. The van der Waals surface area contributed by atoms with Gasteiger partial charge in [-0.25, -0.2) is 4.39 Å². The van der Waals surface area contributed by atoms with Crippen molar-refractivity contribution in [2.45, 2.75) is 38.6 Å². The highest BCUT2D eigenvalue weighted by Gasteiger charge is 2.25. The summed E-state index contributed by atoms with van der Waals surface area (Å²) in [6.45, 7) is 2.28. The first-order valence-electron chi connectivity index (χ1n) is 6.18. The van der Waals surface area contributed by atoms with Gasteiger partial charge < -0.3 is 5.73 Å². The van der Waals surface area contributed by atoms with Crippen LogP contribution in [0, 0.1) is 17.7 Å². The molecule has 0 spiro atoms. The van der Waals surface area contributed by atoms with Crippen molar-refractivity contribution in [1.29, 1.82) is 0 Å². The Morgan fingerprint density at radius 1 is 1.19 bits per heavy atom. The van der Waals surface area contributed by atoms with Gasteiger partial charge in [0.1, 0.15) is 5.82 Å². The van der Waals surface area contributed by atoms with Crippen molar-refractivity contribution in [1.82, 2.24) is 0 Å². The molecule has 0 radical (unpaired) electrons. The van der Waals surface area contributed by atoms with Gasteiger partial charge in [0, 0.05) is 11.6 Å². The van der Waals surface area contributed by atoms with Gasteiger partial charge in [0.05, 0.1) is 0 Å². The lowest BCUT2D eigenvalue weighted by atomic mass is 9.77. The van der Waals surface area contributed by atoms with Crippen molar-refractivity contribution >= 4 is 0 Å². The number of benzene rings is 1. The number of nitrogens with two attached hydrogens (primary N) is 1. The Hall–Kier alpha value is -0.890. The highest BCUT2D eigenvalue weighted by molar-refractivity contribution is 5.21. The Morgan fingerprint density at radius 3 is 2.44 bits per heavy atom. The number of rotatable bonds is 2. The summed E-state index contributed by atoms with van der Waals surface area (Å²) in [7, 11) is 0. The van der Waals surface area contributed by atoms with E-state index >= 15 is 0 Å². The summed E-state index contributed by atoms with van der Waals surface area (Å²) in [6, 6.07) is 6.77. The van der Waals surface area contributed by atoms with Crippen LogP contribution < -0.4 is 5.73 Å². The Kier molecular flexibility index (Phi) is 3.59. The van der Waals surface area contributed by atoms with Crippen molar-refractivity contribution in [3.8, 4) is 0 Å². The summed E-state index contributed by atoms with van der Waals surface area (Å²) in [6.07, 6.45) is 4.73. The van der Waals surface area contributed by atoms with Crippen LogP contribution >= 0.6 is 0 Å². The Morgan fingerprint density at radius 2 is 1.81 bits per heavy atom. The molecule has 1 aliphatic rings. The molecule has 1 nitrogen and oxygen atoms in total. The topological polar surface area (TPSA) is 26.0 Å². The van der Waals surface area contributed by atoms with Gasteiger partial charge in [-0.05, 0) is 30.7 Å². The zero-order valence-corrected chi connectivity index (χ0v) is 9.83. The number of hydrogen-bond donors (Lipinski definition) is 1. The highest BCUT2D eigenvalue weighted by atomic mass is 19.1. The highest BCUT2D eigenvalue weighted by Crippen LogP contribution is 2.35. The molecule has 1 fully saturated rings. The van der Waals surface area contributed by atoms with E-state index < -0.39 is 0 Å². The maximum atomic E-state index is 13.6. The standard InChI is InChI=1S/C14H20FN/c1-10-6-8-11(9-7-10)14(16)12-4-2-3-5-13(12)15/h2-5,10-11,14H,6-9,16H2,1H3. The van der Waals surface area contributed by atoms with Crippen LogP contribution in [0.5, 0.6) is 0 Å². The van der Waals surface area contributed by atoms with Crippen LogP contribution in [0.3, 0.4) is 0 Å². The van der Waals surface area contributed by atoms with Gasteiger partial charge in [-0.2, -0.15) is 0 Å². The van der Waals surface area contributed by atoms with Crippen LogP contribution in [-0.2, 0) is 0 Å². The molecule has 0 aliphatic heterocycles. The molecule has 1 atom stereocenters. The molecular weight excluding hydrogens is 201 g/mol. The predicted molar refractivity (Wildman–Crippen MR) is 64.5 cm³/mol. The molecule has 1 unspecified atom stereocenters. The Labute approximate surface area is 96.9 Å². The third kappa shape index (κ3) is 2.43. The van der Waals surface area contributed by atoms with Crippen molar-refractivity contribution in [3.63, 3.8) is 0 Å². The van der Waals surface area contributed by atoms with Crippen LogP contribution in [0.15, 0.2) is 24.3 Å². The van der Waals surface area contributed by atoms with Crippen LogP contribution in [0.25, 0.3) is 0 Å². The minimum atomic E-state index is -0.159. The van der Waals surface area contributed by atoms with E-state index in [-0.39, 0.29) is 11.9 Å². The maximum absolute atomic E-state index is 13.6. The third-order valence-corrected chi connectivity index (χ3v) is 3.83. The summed E-state index contributed by atoms with van der Waals surface area (Å²) < 4.78 is 13.6. The zero-order valence-electron chi connectivity index (χ0n) is 9.83. The number of hydrogen-bond acceptors (Lipinski definition) is 1. The summed E-state index contributed by atoms with van der Waals surface area (Å²) in [4.78, 5) is 0. The molecule has 2 rings (SSSR count). The SMILES string of the molecule is CC1CCC(C(N)c2ccccc2F)CC1. The molecule has 1 aliphatic carbocycles. The molecule has 0 amide bonds. The van der Waals surface area contributed by atoms with Crippen LogP contribution in [0.2, 0.25) is 0 Å². The first-order valence-corrected chi connectivity index (χ1v) is 6.18. The van der Waals surface area contributed by atoms with Crippen LogP contribution in [-0.4, -0.2) is 0 Å². The van der Waals surface area contributed by atoms with Gasteiger partial charge in [-0.3, -0.25) is 0 Å². The lowest BCUT2D eigenvalue weighted by Crippen LogP contribution is -2.26. The van der Waals surface area contributed by atoms with E-state index in [1.807, 2.05) is 12.1 Å². The Balaban J connectivity index is 2.07. The van der Waals surface area contributed by atoms with Crippen LogP contribution in [0.4, 0.5) is 4.39 Å². The first-order chi connectivity index (χ1) is 7.68. The van der Waals surface area contributed by atoms with Gasteiger partial charge in [0.2, 0.25) is 0 Å². The second-order valence-corrected chi connectivity index (χ2v) is 5.07. The molecule has 88 valence electrons. The van der Waals surface area contributed by atoms with E-state index in [1.54, 1.807) is 6.07 Å². The molecule has 0 aromatic heterocycles. The minimum absolute atomic E-state index is 0.131. The first kappa shape index (κ1) is 11.6. The molecule has 1 aromatic rings. The fourth-order valence-electron chi connectivity index (χ4n) is 2.64. The van der Waals surface area contributed by atoms with Crippen LogP contribution in [0.1, 0.15) is 44.2 Å². The summed E-state index contributed by atoms with van der Waals surface area (Å²) in [5, 5.41) is 0. The molecule has 0 bridgehead atoms. The molecule has 0 saturated heterocycles. The zero-order chi connectivity index (χ0) is 11.5. The molecule has 1 saturated carbocycles. The van der Waals surface area contributed by atoms with Crippen molar-refractivity contribution in [2.75, 3.05) is 0 Å². The quantitative estimate of drug-likeness (QED) is 0.810. The smallest absolute Gasteiger partial charge is 0.127 e. The maximum Gasteiger partial charge on any atom is 0.127 e.